The highest BCUT2D eigenvalue weighted by Crippen LogP contribution is 2.52. The van der Waals surface area contributed by atoms with Gasteiger partial charge in [-0.3, -0.25) is 19.5 Å². The Kier molecular flexibility index (Phi) is 6.16. The number of likely N-dealkylation sites (N-methyl/N-ethyl adjacent to an activating group) is 1. The van der Waals surface area contributed by atoms with E-state index >= 15 is 0 Å². The molecule has 0 aromatic rings. The van der Waals surface area contributed by atoms with E-state index in [2.05, 4.69) is 41.8 Å². The molecular weight excluding hydrogens is 382 g/mol. The Hall–Kier alpha value is -1.93. The van der Waals surface area contributed by atoms with Gasteiger partial charge in [-0.2, -0.15) is 0 Å². The highest BCUT2D eigenvalue weighted by Gasteiger charge is 2.58. The maximum absolute atomic E-state index is 12.8. The van der Waals surface area contributed by atoms with E-state index in [1.54, 1.807) is 0 Å². The average Bonchev–Trinajstić information content (AvgIpc) is 3.42. The zero-order chi connectivity index (χ0) is 21.3. The number of likely N-dealkylation sites (tertiary alicyclic amines) is 1. The fourth-order valence-corrected chi connectivity index (χ4v) is 5.54. The number of ether oxygens (including phenoxy) is 1. The monoisotopic (exact) mass is 417 g/mol. The predicted octanol–water partition coefficient (Wildman–Crippen LogP) is 0.459. The molecule has 2 N–H and O–H groups in total. The summed E-state index contributed by atoms with van der Waals surface area (Å²) >= 11 is 0. The van der Waals surface area contributed by atoms with E-state index in [0.29, 0.717) is 19.6 Å². The van der Waals surface area contributed by atoms with Crippen LogP contribution in [0.1, 0.15) is 26.2 Å². The Balaban J connectivity index is 1.34. The van der Waals surface area contributed by atoms with E-state index in [0.717, 1.165) is 45.0 Å². The maximum atomic E-state index is 12.8. The lowest BCUT2D eigenvalue weighted by Gasteiger charge is -2.41. The largest absolute Gasteiger partial charge is 0.381 e. The molecule has 4 unspecified atom stereocenters. The molecule has 8 heteroatoms. The van der Waals surface area contributed by atoms with E-state index in [1.807, 2.05) is 6.92 Å². The minimum Gasteiger partial charge on any atom is -0.381 e. The molecule has 2 bridgehead atoms. The van der Waals surface area contributed by atoms with Gasteiger partial charge in [0, 0.05) is 38.4 Å². The van der Waals surface area contributed by atoms with Crippen LogP contribution in [-0.2, 0) is 14.3 Å². The molecule has 2 aliphatic carbocycles. The predicted molar refractivity (Wildman–Crippen MR) is 115 cm³/mol. The summed E-state index contributed by atoms with van der Waals surface area (Å²) < 4.78 is 5.54. The maximum Gasteiger partial charge on any atom is 0.233 e. The smallest absolute Gasteiger partial charge is 0.233 e. The fraction of sp³-hybridized carbons (Fsp3) is 0.773. The number of fused-ring (bicyclic) bond motifs is 5. The quantitative estimate of drug-likeness (QED) is 0.271. The molecule has 3 fully saturated rings. The third kappa shape index (κ3) is 3.75. The van der Waals surface area contributed by atoms with Crippen molar-refractivity contribution < 1.29 is 14.3 Å². The number of imide groups is 1. The van der Waals surface area contributed by atoms with Crippen molar-refractivity contribution >= 4 is 17.8 Å². The van der Waals surface area contributed by atoms with E-state index in [4.69, 9.17) is 9.73 Å². The second-order valence-corrected chi connectivity index (χ2v) is 9.18. The third-order valence-corrected chi connectivity index (χ3v) is 7.44. The Bertz CT molecular complexity index is 698. The van der Waals surface area contributed by atoms with Gasteiger partial charge in [0.2, 0.25) is 11.8 Å². The minimum absolute atomic E-state index is 0.00517. The number of amides is 2. The van der Waals surface area contributed by atoms with Gasteiger partial charge in [-0.25, -0.2) is 0 Å². The fourth-order valence-electron chi connectivity index (χ4n) is 5.54. The summed E-state index contributed by atoms with van der Waals surface area (Å²) in [6.07, 6.45) is 7.14. The van der Waals surface area contributed by atoms with Crippen LogP contribution in [0.25, 0.3) is 0 Å². The van der Waals surface area contributed by atoms with Crippen LogP contribution in [0.5, 0.6) is 0 Å². The lowest BCUT2D eigenvalue weighted by Crippen LogP contribution is -2.52. The molecule has 2 heterocycles. The van der Waals surface area contributed by atoms with Gasteiger partial charge in [-0.15, -0.1) is 0 Å². The number of guanidine groups is 1. The molecule has 2 aliphatic heterocycles. The van der Waals surface area contributed by atoms with Gasteiger partial charge < -0.3 is 20.3 Å². The summed E-state index contributed by atoms with van der Waals surface area (Å²) in [5.41, 5.74) is 0.00517. The molecule has 0 aromatic carbocycles. The van der Waals surface area contributed by atoms with Crippen molar-refractivity contribution in [1.82, 2.24) is 20.4 Å². The van der Waals surface area contributed by atoms with Crippen molar-refractivity contribution in [3.8, 4) is 0 Å². The number of hydrogen-bond donors (Lipinski definition) is 2. The van der Waals surface area contributed by atoms with Crippen LogP contribution in [0, 0.1) is 23.7 Å². The molecule has 166 valence electrons. The summed E-state index contributed by atoms with van der Waals surface area (Å²) in [5, 5.41) is 6.60. The summed E-state index contributed by atoms with van der Waals surface area (Å²) in [5.74, 6) is 1.03. The minimum atomic E-state index is -0.122. The van der Waals surface area contributed by atoms with Gasteiger partial charge >= 0.3 is 0 Å². The Morgan fingerprint density at radius 3 is 2.37 bits per heavy atom. The third-order valence-electron chi connectivity index (χ3n) is 7.44. The zero-order valence-electron chi connectivity index (χ0n) is 18.4. The summed E-state index contributed by atoms with van der Waals surface area (Å²) in [6, 6.07) is 0. The normalized spacial score (nSPS) is 32.3. The lowest BCUT2D eigenvalue weighted by molar-refractivity contribution is -0.140. The Morgan fingerprint density at radius 1 is 1.17 bits per heavy atom. The van der Waals surface area contributed by atoms with Gasteiger partial charge in [0.25, 0.3) is 0 Å². The second kappa shape index (κ2) is 8.67. The summed E-state index contributed by atoms with van der Waals surface area (Å²) in [6.45, 7) is 5.88. The lowest BCUT2D eigenvalue weighted by atomic mass is 9.85. The van der Waals surface area contributed by atoms with Crippen molar-refractivity contribution in [2.45, 2.75) is 31.7 Å². The highest BCUT2D eigenvalue weighted by molar-refractivity contribution is 6.06. The van der Waals surface area contributed by atoms with Crippen LogP contribution in [0.2, 0.25) is 0 Å². The van der Waals surface area contributed by atoms with Crippen molar-refractivity contribution in [2.75, 3.05) is 53.5 Å². The van der Waals surface area contributed by atoms with E-state index < -0.39 is 0 Å². The van der Waals surface area contributed by atoms with Crippen molar-refractivity contribution in [1.29, 1.82) is 0 Å². The molecule has 0 radical (unpaired) electrons. The molecule has 0 aromatic heterocycles. The first-order valence-corrected chi connectivity index (χ1v) is 11.3. The Morgan fingerprint density at radius 2 is 1.80 bits per heavy atom. The highest BCUT2D eigenvalue weighted by atomic mass is 16.5. The van der Waals surface area contributed by atoms with Crippen LogP contribution in [0.4, 0.5) is 0 Å². The number of nitrogens with one attached hydrogen (secondary N) is 2. The number of allylic oxidation sites excluding steroid dienone is 2. The summed E-state index contributed by atoms with van der Waals surface area (Å²) in [4.78, 5) is 34.2. The Labute approximate surface area is 179 Å². The summed E-state index contributed by atoms with van der Waals surface area (Å²) in [7, 11) is 4.20. The van der Waals surface area contributed by atoms with Gasteiger partial charge in [-0.1, -0.05) is 12.2 Å². The van der Waals surface area contributed by atoms with Crippen molar-refractivity contribution in [3.05, 3.63) is 12.2 Å². The van der Waals surface area contributed by atoms with Gasteiger partial charge in [0.1, 0.15) is 0 Å². The first kappa shape index (κ1) is 21.3. The van der Waals surface area contributed by atoms with Crippen LogP contribution < -0.4 is 10.6 Å². The van der Waals surface area contributed by atoms with Crippen molar-refractivity contribution in [2.24, 2.45) is 28.7 Å². The first-order chi connectivity index (χ1) is 14.5. The number of nitrogens with zero attached hydrogens (tertiary/aromatic N) is 3. The number of rotatable bonds is 7. The zero-order valence-corrected chi connectivity index (χ0v) is 18.4. The molecule has 8 nitrogen and oxygen atoms in total. The molecule has 0 spiro atoms. The average molecular weight is 418 g/mol. The van der Waals surface area contributed by atoms with Gasteiger partial charge in [0.05, 0.1) is 18.4 Å². The molecule has 4 atom stereocenters. The van der Waals surface area contributed by atoms with E-state index in [9.17, 15) is 9.59 Å². The van der Waals surface area contributed by atoms with Crippen LogP contribution >= 0.6 is 0 Å². The first-order valence-electron chi connectivity index (χ1n) is 11.3. The van der Waals surface area contributed by atoms with Gasteiger partial charge in [0.15, 0.2) is 5.96 Å². The van der Waals surface area contributed by atoms with Gasteiger partial charge in [-0.05, 0) is 52.1 Å². The molecule has 2 amide bonds. The molecule has 4 aliphatic rings. The molecule has 4 rings (SSSR count). The molecule has 1 saturated carbocycles. The number of carbonyl (C=O) groups is 2. The van der Waals surface area contributed by atoms with Crippen LogP contribution in [-0.4, -0.2) is 86.6 Å². The standard InChI is InChI=1S/C22H35N5O3/c1-4-23-21(25-14-22(26(2)3)7-11-30-12-8-22)24-9-10-27-19(28)17-15-5-6-16(13-15)18(17)20(27)29/h5-6,15-18H,4,7-14H2,1-3H3,(H2,23,24,25). The molecule has 2 saturated heterocycles. The SMILES string of the molecule is CCNC(=NCC1(N(C)C)CCOCC1)NCCN1C(=O)C2C3C=CC(C3)C2C1=O. The van der Waals surface area contributed by atoms with E-state index in [1.165, 1.54) is 4.90 Å². The molecular formula is C22H35N5O3. The second-order valence-electron chi connectivity index (χ2n) is 9.18. The number of carbonyl (C=O) groups excluding carboxylic acids is 2. The molecule has 30 heavy (non-hydrogen) atoms. The van der Waals surface area contributed by atoms with Crippen LogP contribution in [0.15, 0.2) is 17.1 Å². The number of hydrogen-bond acceptors (Lipinski definition) is 5. The van der Waals surface area contributed by atoms with Crippen molar-refractivity contribution in [3.63, 3.8) is 0 Å². The van der Waals surface area contributed by atoms with E-state index in [-0.39, 0.29) is 41.0 Å². The number of aliphatic imine (C=N–C) groups is 1. The van der Waals surface area contributed by atoms with Crippen LogP contribution in [0.3, 0.4) is 0 Å². The topological polar surface area (TPSA) is 86.3 Å².